The summed E-state index contributed by atoms with van der Waals surface area (Å²) in [6, 6.07) is 6.94. The van der Waals surface area contributed by atoms with E-state index in [1.165, 1.54) is 50.1 Å². The van der Waals surface area contributed by atoms with E-state index in [9.17, 15) is 0 Å². The van der Waals surface area contributed by atoms with Crippen LogP contribution in [0.5, 0.6) is 0 Å². The van der Waals surface area contributed by atoms with Gasteiger partial charge in [-0.3, -0.25) is 0 Å². The zero-order valence-corrected chi connectivity index (χ0v) is 15.6. The lowest BCUT2D eigenvalue weighted by molar-refractivity contribution is 0.871. The van der Waals surface area contributed by atoms with Crippen molar-refractivity contribution in [3.63, 3.8) is 0 Å². The molecule has 2 aromatic rings. The SMILES string of the molecule is Cc1cc(C)c(CCc2c(C)cc(C)c(C)c2CCN)c(C)c1. The molecule has 0 radical (unpaired) electrons. The Kier molecular flexibility index (Phi) is 5.64. The van der Waals surface area contributed by atoms with Gasteiger partial charge in [-0.2, -0.15) is 0 Å². The topological polar surface area (TPSA) is 26.0 Å². The highest BCUT2D eigenvalue weighted by molar-refractivity contribution is 5.46. The molecule has 1 nitrogen and oxygen atoms in total. The monoisotopic (exact) mass is 309 g/mol. The molecule has 0 aliphatic rings. The molecule has 0 amide bonds. The summed E-state index contributed by atoms with van der Waals surface area (Å²) in [5, 5.41) is 0. The molecule has 0 aromatic heterocycles. The van der Waals surface area contributed by atoms with Crippen LogP contribution in [0.4, 0.5) is 0 Å². The largest absolute Gasteiger partial charge is 0.330 e. The number of hydrogen-bond acceptors (Lipinski definition) is 1. The van der Waals surface area contributed by atoms with E-state index in [1.54, 1.807) is 0 Å². The number of nitrogens with two attached hydrogens (primary N) is 1. The number of hydrogen-bond donors (Lipinski definition) is 1. The minimum absolute atomic E-state index is 0.722. The van der Waals surface area contributed by atoms with Crippen LogP contribution in [0.3, 0.4) is 0 Å². The summed E-state index contributed by atoms with van der Waals surface area (Å²) in [7, 11) is 0. The van der Waals surface area contributed by atoms with Crippen molar-refractivity contribution >= 4 is 0 Å². The molecule has 0 fully saturated rings. The lowest BCUT2D eigenvalue weighted by Gasteiger charge is -2.19. The molecule has 1 heteroatoms. The zero-order valence-electron chi connectivity index (χ0n) is 15.6. The third-order valence-corrected chi connectivity index (χ3v) is 5.18. The van der Waals surface area contributed by atoms with Crippen LogP contribution in [0, 0.1) is 41.5 Å². The Bertz CT molecular complexity index is 687. The summed E-state index contributed by atoms with van der Waals surface area (Å²) >= 11 is 0. The van der Waals surface area contributed by atoms with Crippen molar-refractivity contribution in [1.82, 2.24) is 0 Å². The molecule has 2 N–H and O–H groups in total. The van der Waals surface area contributed by atoms with Gasteiger partial charge in [0.15, 0.2) is 0 Å². The fourth-order valence-corrected chi connectivity index (χ4v) is 3.91. The maximum Gasteiger partial charge on any atom is -0.00365 e. The zero-order chi connectivity index (χ0) is 17.1. The molecule has 2 aromatic carbocycles. The molecule has 23 heavy (non-hydrogen) atoms. The van der Waals surface area contributed by atoms with E-state index in [0.29, 0.717) is 0 Å². The van der Waals surface area contributed by atoms with Crippen molar-refractivity contribution in [3.8, 4) is 0 Å². The van der Waals surface area contributed by atoms with Crippen LogP contribution >= 0.6 is 0 Å². The Balaban J connectivity index is 2.36. The Morgan fingerprint density at radius 3 is 1.70 bits per heavy atom. The van der Waals surface area contributed by atoms with E-state index < -0.39 is 0 Å². The maximum atomic E-state index is 5.87. The van der Waals surface area contributed by atoms with Crippen molar-refractivity contribution < 1.29 is 0 Å². The van der Waals surface area contributed by atoms with Gasteiger partial charge in [-0.1, -0.05) is 23.8 Å². The summed E-state index contributed by atoms with van der Waals surface area (Å²) in [5.74, 6) is 0. The van der Waals surface area contributed by atoms with Gasteiger partial charge in [-0.25, -0.2) is 0 Å². The quantitative estimate of drug-likeness (QED) is 0.841. The Morgan fingerprint density at radius 2 is 1.13 bits per heavy atom. The smallest absolute Gasteiger partial charge is 0.00365 e. The summed E-state index contributed by atoms with van der Waals surface area (Å²) in [4.78, 5) is 0. The van der Waals surface area contributed by atoms with Gasteiger partial charge >= 0.3 is 0 Å². The van der Waals surface area contributed by atoms with E-state index in [0.717, 1.165) is 25.8 Å². The van der Waals surface area contributed by atoms with Crippen LogP contribution in [-0.4, -0.2) is 6.54 Å². The van der Waals surface area contributed by atoms with Crippen LogP contribution < -0.4 is 5.73 Å². The van der Waals surface area contributed by atoms with Gasteiger partial charge in [-0.05, 0) is 112 Å². The highest BCUT2D eigenvalue weighted by Crippen LogP contribution is 2.26. The molecular weight excluding hydrogens is 278 g/mol. The summed E-state index contributed by atoms with van der Waals surface area (Å²) < 4.78 is 0. The number of benzene rings is 2. The fourth-order valence-electron chi connectivity index (χ4n) is 3.91. The van der Waals surface area contributed by atoms with Gasteiger partial charge in [-0.15, -0.1) is 0 Å². The van der Waals surface area contributed by atoms with Gasteiger partial charge in [0.25, 0.3) is 0 Å². The first-order valence-electron chi connectivity index (χ1n) is 8.70. The molecule has 0 unspecified atom stereocenters. The second kappa shape index (κ2) is 7.31. The van der Waals surface area contributed by atoms with Crippen LogP contribution in [0.2, 0.25) is 0 Å². The Morgan fingerprint density at radius 1 is 0.609 bits per heavy atom. The molecule has 0 aliphatic carbocycles. The highest BCUT2D eigenvalue weighted by Gasteiger charge is 2.12. The molecule has 0 atom stereocenters. The minimum atomic E-state index is 0.722. The summed E-state index contributed by atoms with van der Waals surface area (Å²) in [5.41, 5.74) is 18.8. The lowest BCUT2D eigenvalue weighted by atomic mass is 9.87. The third-order valence-electron chi connectivity index (χ3n) is 5.18. The van der Waals surface area contributed by atoms with Crippen molar-refractivity contribution in [2.75, 3.05) is 6.54 Å². The lowest BCUT2D eigenvalue weighted by Crippen LogP contribution is -2.11. The molecule has 2 rings (SSSR count). The number of rotatable bonds is 5. The van der Waals surface area contributed by atoms with E-state index in [4.69, 9.17) is 5.73 Å². The van der Waals surface area contributed by atoms with Gasteiger partial charge in [0.1, 0.15) is 0 Å². The predicted octanol–water partition coefficient (Wildman–Crippen LogP) is 4.82. The molecule has 0 saturated heterocycles. The third kappa shape index (κ3) is 3.84. The average Bonchev–Trinajstić information content (AvgIpc) is 2.46. The number of aryl methyl sites for hydroxylation is 5. The van der Waals surface area contributed by atoms with E-state index in [1.807, 2.05) is 0 Å². The Hall–Kier alpha value is -1.60. The normalized spacial score (nSPS) is 11.1. The van der Waals surface area contributed by atoms with Crippen molar-refractivity contribution in [1.29, 1.82) is 0 Å². The van der Waals surface area contributed by atoms with Crippen LogP contribution in [0.15, 0.2) is 18.2 Å². The van der Waals surface area contributed by atoms with Gasteiger partial charge < -0.3 is 5.73 Å². The molecule has 0 bridgehead atoms. The molecule has 0 heterocycles. The highest BCUT2D eigenvalue weighted by atomic mass is 14.5. The van der Waals surface area contributed by atoms with Gasteiger partial charge in [0.05, 0.1) is 0 Å². The van der Waals surface area contributed by atoms with Crippen LogP contribution in [0.1, 0.15) is 50.1 Å². The van der Waals surface area contributed by atoms with Crippen molar-refractivity contribution in [3.05, 3.63) is 68.3 Å². The van der Waals surface area contributed by atoms with Gasteiger partial charge in [0, 0.05) is 0 Å². The van der Waals surface area contributed by atoms with Crippen molar-refractivity contribution in [2.45, 2.75) is 60.8 Å². The molecule has 124 valence electrons. The first-order valence-corrected chi connectivity index (χ1v) is 8.70. The van der Waals surface area contributed by atoms with Crippen LogP contribution in [-0.2, 0) is 19.3 Å². The minimum Gasteiger partial charge on any atom is -0.330 e. The summed E-state index contributed by atoms with van der Waals surface area (Å²) in [6.45, 7) is 14.1. The maximum absolute atomic E-state index is 5.87. The molecule has 0 saturated carbocycles. The van der Waals surface area contributed by atoms with Crippen molar-refractivity contribution in [2.24, 2.45) is 5.73 Å². The van der Waals surface area contributed by atoms with Gasteiger partial charge in [0.2, 0.25) is 0 Å². The molecule has 0 aliphatic heterocycles. The standard InChI is InChI=1S/C22H31N/c1-14-11-16(3)20(17(4)12-14)7-8-21-18(5)13-15(2)19(6)22(21)9-10-23/h11-13H,7-10,23H2,1-6H3. The fraction of sp³-hybridized carbons (Fsp3) is 0.455. The van der Waals surface area contributed by atoms with Crippen LogP contribution in [0.25, 0.3) is 0 Å². The molecular formula is C22H31N. The predicted molar refractivity (Wildman–Crippen MR) is 101 cm³/mol. The summed E-state index contributed by atoms with van der Waals surface area (Å²) in [6.07, 6.45) is 3.20. The van der Waals surface area contributed by atoms with E-state index in [2.05, 4.69) is 59.7 Å². The first kappa shape index (κ1) is 17.7. The second-order valence-electron chi connectivity index (χ2n) is 7.01. The molecule has 0 spiro atoms. The second-order valence-corrected chi connectivity index (χ2v) is 7.01. The van der Waals surface area contributed by atoms with E-state index >= 15 is 0 Å². The van der Waals surface area contributed by atoms with E-state index in [-0.39, 0.29) is 0 Å². The average molecular weight is 309 g/mol. The first-order chi connectivity index (χ1) is 10.8. The Labute approximate surface area is 141 Å².